The van der Waals surface area contributed by atoms with Gasteiger partial charge in [0.25, 0.3) is 0 Å². The molecule has 2 aromatic carbocycles. The Morgan fingerprint density at radius 3 is 2.35 bits per heavy atom. The van der Waals surface area contributed by atoms with Crippen molar-refractivity contribution in [3.63, 3.8) is 0 Å². The number of hydrogen-bond donors (Lipinski definition) is 3. The molecule has 202 valence electrons. The first-order valence-electron chi connectivity index (χ1n) is 11.8. The Balaban J connectivity index is 0.00000380. The molecular formula is C25H29ClF3N3O5. The van der Waals surface area contributed by atoms with E-state index >= 15 is 0 Å². The summed E-state index contributed by atoms with van der Waals surface area (Å²) in [5.41, 5.74) is 0.448. The number of amides is 2. The van der Waals surface area contributed by atoms with Crippen LogP contribution >= 0.6 is 12.4 Å². The number of carbonyl (C=O) groups excluding carboxylic acids is 1. The maximum Gasteiger partial charge on any atom is 0.333 e. The van der Waals surface area contributed by atoms with Crippen LogP contribution in [0, 0.1) is 29.3 Å². The summed E-state index contributed by atoms with van der Waals surface area (Å²) in [5, 5.41) is 14.9. The minimum absolute atomic E-state index is 0. The molecule has 1 aliphatic carbocycles. The number of rotatable bonds is 11. The molecule has 12 heteroatoms. The van der Waals surface area contributed by atoms with Crippen molar-refractivity contribution in [1.29, 1.82) is 0 Å². The maximum atomic E-state index is 13.8. The highest BCUT2D eigenvalue weighted by molar-refractivity contribution is 5.89. The number of nitrogens with zero attached hydrogens (tertiary/aromatic N) is 1. The lowest BCUT2D eigenvalue weighted by Crippen LogP contribution is -2.39. The quantitative estimate of drug-likeness (QED) is 0.295. The van der Waals surface area contributed by atoms with Crippen LogP contribution in [-0.2, 0) is 16.0 Å². The number of ether oxygens (including phenoxy) is 2. The number of carboxylic acid groups (broad SMARTS) is 1. The van der Waals surface area contributed by atoms with Gasteiger partial charge in [0.15, 0.2) is 17.7 Å². The van der Waals surface area contributed by atoms with E-state index in [0.717, 1.165) is 5.56 Å². The fraction of sp³-hybridized carbons (Fsp3) is 0.440. The first-order valence-corrected chi connectivity index (χ1v) is 11.8. The number of aliphatic carboxylic acids is 1. The van der Waals surface area contributed by atoms with Crippen molar-refractivity contribution in [2.45, 2.75) is 25.5 Å². The van der Waals surface area contributed by atoms with Crippen molar-refractivity contribution in [3.05, 3.63) is 59.4 Å². The molecule has 37 heavy (non-hydrogen) atoms. The molecule has 8 nitrogen and oxygen atoms in total. The van der Waals surface area contributed by atoms with Crippen LogP contribution < -0.4 is 15.4 Å². The van der Waals surface area contributed by atoms with E-state index in [2.05, 4.69) is 10.6 Å². The van der Waals surface area contributed by atoms with Crippen molar-refractivity contribution < 1.29 is 37.3 Å². The predicted molar refractivity (Wildman–Crippen MR) is 132 cm³/mol. The molecule has 1 unspecified atom stereocenters. The van der Waals surface area contributed by atoms with Crippen LogP contribution in [0.3, 0.4) is 0 Å². The Morgan fingerprint density at radius 1 is 1.08 bits per heavy atom. The third kappa shape index (κ3) is 7.06. The second kappa shape index (κ2) is 12.5. The molecule has 0 radical (unpaired) electrons. The van der Waals surface area contributed by atoms with Gasteiger partial charge in [-0.25, -0.2) is 22.8 Å². The van der Waals surface area contributed by atoms with Gasteiger partial charge in [-0.2, -0.15) is 0 Å². The average Bonchev–Trinajstić information content (AvgIpc) is 3.28. The van der Waals surface area contributed by atoms with Gasteiger partial charge in [-0.3, -0.25) is 0 Å². The zero-order valence-electron chi connectivity index (χ0n) is 20.1. The summed E-state index contributed by atoms with van der Waals surface area (Å²) in [6.07, 6.45) is -0.599. The van der Waals surface area contributed by atoms with Crippen LogP contribution in [0.2, 0.25) is 0 Å². The summed E-state index contributed by atoms with van der Waals surface area (Å²) in [7, 11) is 0. The Labute approximate surface area is 218 Å². The number of hydrogen-bond acceptors (Lipinski definition) is 5. The van der Waals surface area contributed by atoms with Gasteiger partial charge in [0, 0.05) is 50.8 Å². The molecule has 0 bridgehead atoms. The normalized spacial score (nSPS) is 20.5. The van der Waals surface area contributed by atoms with E-state index in [9.17, 15) is 27.9 Å². The molecule has 1 saturated carbocycles. The van der Waals surface area contributed by atoms with E-state index in [0.29, 0.717) is 50.7 Å². The molecule has 0 spiro atoms. The smallest absolute Gasteiger partial charge is 0.333 e. The number of piperidine rings is 1. The number of nitrogens with one attached hydrogen (secondary N) is 2. The van der Waals surface area contributed by atoms with Gasteiger partial charge >= 0.3 is 12.0 Å². The Hall–Kier alpha value is -3.02. The number of likely N-dealkylation sites (tertiary alicyclic amines) is 1. The minimum Gasteiger partial charge on any atom is -0.492 e. The number of carboxylic acids is 1. The van der Waals surface area contributed by atoms with Crippen molar-refractivity contribution in [2.24, 2.45) is 11.8 Å². The van der Waals surface area contributed by atoms with Gasteiger partial charge in [-0.1, -0.05) is 12.1 Å². The second-order valence-electron chi connectivity index (χ2n) is 8.87. The topological polar surface area (TPSA) is 100 Å². The number of fused-ring (bicyclic) bond motifs is 1. The van der Waals surface area contributed by atoms with Gasteiger partial charge in [0.05, 0.1) is 5.69 Å². The molecule has 3 N–H and O–H groups in total. The van der Waals surface area contributed by atoms with Crippen molar-refractivity contribution in [2.75, 3.05) is 38.2 Å². The Morgan fingerprint density at radius 2 is 1.73 bits per heavy atom. The Bertz CT molecular complexity index is 1100. The predicted octanol–water partition coefficient (Wildman–Crippen LogP) is 3.69. The molecule has 4 rings (SSSR count). The van der Waals surface area contributed by atoms with E-state index < -0.39 is 41.2 Å². The van der Waals surface area contributed by atoms with Gasteiger partial charge in [-0.15, -0.1) is 12.4 Å². The summed E-state index contributed by atoms with van der Waals surface area (Å²) < 4.78 is 51.1. The zero-order valence-corrected chi connectivity index (χ0v) is 20.9. The van der Waals surface area contributed by atoms with E-state index in [1.165, 1.54) is 4.90 Å². The number of urea groups is 1. The summed E-state index contributed by atoms with van der Waals surface area (Å²) in [6.45, 7) is 4.10. The zero-order chi connectivity index (χ0) is 25.8. The highest BCUT2D eigenvalue weighted by atomic mass is 35.5. The van der Waals surface area contributed by atoms with Crippen molar-refractivity contribution >= 4 is 30.1 Å². The molecule has 2 aliphatic rings. The lowest BCUT2D eigenvalue weighted by atomic mass is 10.1. The lowest BCUT2D eigenvalue weighted by Gasteiger charge is -2.21. The molecule has 1 aliphatic heterocycles. The third-order valence-electron chi connectivity index (χ3n) is 6.47. The third-order valence-corrected chi connectivity index (χ3v) is 6.47. The maximum absolute atomic E-state index is 13.8. The molecule has 2 fully saturated rings. The molecular weight excluding hydrogens is 515 g/mol. The average molecular weight is 544 g/mol. The molecule has 1 saturated heterocycles. The number of carbonyl (C=O) groups is 2. The van der Waals surface area contributed by atoms with E-state index in [1.54, 1.807) is 19.1 Å². The van der Waals surface area contributed by atoms with Gasteiger partial charge in [0.1, 0.15) is 18.2 Å². The van der Waals surface area contributed by atoms with E-state index in [1.807, 2.05) is 12.1 Å². The number of anilines is 1. The molecule has 1 heterocycles. The van der Waals surface area contributed by atoms with Gasteiger partial charge < -0.3 is 30.1 Å². The highest BCUT2D eigenvalue weighted by Gasteiger charge is 2.56. The largest absolute Gasteiger partial charge is 0.492 e. The summed E-state index contributed by atoms with van der Waals surface area (Å²) in [4.78, 5) is 25.1. The second-order valence-corrected chi connectivity index (χ2v) is 8.87. The summed E-state index contributed by atoms with van der Waals surface area (Å²) in [6, 6.07) is 7.95. The first kappa shape index (κ1) is 28.5. The van der Waals surface area contributed by atoms with Crippen LogP contribution in [0.15, 0.2) is 36.4 Å². The summed E-state index contributed by atoms with van der Waals surface area (Å²) >= 11 is 0. The first-order chi connectivity index (χ1) is 17.3. The SMILES string of the molecule is CCO[C@@H](Cc1ccc(OCCN[C@H]2C3CN(C(=O)Nc4cc(F)c(F)cc4F)C[C@@H]32)cc1)C(=O)O.Cl. The minimum atomic E-state index is -1.31. The van der Waals surface area contributed by atoms with Crippen LogP contribution in [0.5, 0.6) is 5.75 Å². The highest BCUT2D eigenvalue weighted by Crippen LogP contribution is 2.45. The monoisotopic (exact) mass is 543 g/mol. The molecule has 2 aromatic rings. The van der Waals surface area contributed by atoms with Crippen LogP contribution in [0.25, 0.3) is 0 Å². The van der Waals surface area contributed by atoms with E-state index in [-0.39, 0.29) is 36.7 Å². The molecule has 4 atom stereocenters. The Kier molecular flexibility index (Phi) is 9.63. The van der Waals surface area contributed by atoms with Crippen molar-refractivity contribution in [1.82, 2.24) is 10.2 Å². The number of benzene rings is 2. The molecule has 2 amide bonds. The van der Waals surface area contributed by atoms with Crippen LogP contribution in [0.1, 0.15) is 12.5 Å². The van der Waals surface area contributed by atoms with Crippen LogP contribution in [0.4, 0.5) is 23.7 Å². The summed E-state index contributed by atoms with van der Waals surface area (Å²) in [5.74, 6) is -3.34. The fourth-order valence-electron chi connectivity index (χ4n) is 4.56. The fourth-order valence-corrected chi connectivity index (χ4v) is 4.56. The van der Waals surface area contributed by atoms with E-state index in [4.69, 9.17) is 9.47 Å². The standard InChI is InChI=1S/C25H28F3N3O5.ClH/c1-2-35-22(24(32)33)9-14-3-5-15(6-4-14)36-8-7-29-23-16-12-31(13-17(16)23)25(34)30-21-11-19(27)18(26)10-20(21)28;/h3-6,10-11,16-17,22-23,29H,2,7-9,12-13H2,1H3,(H,30,34)(H,32,33);1H/t16-,17?,22-,23+;/m0./s1. The van der Waals surface area contributed by atoms with Crippen molar-refractivity contribution in [3.8, 4) is 5.75 Å². The number of halogens is 4. The van der Waals surface area contributed by atoms with Gasteiger partial charge in [0.2, 0.25) is 0 Å². The lowest BCUT2D eigenvalue weighted by molar-refractivity contribution is -0.149. The van der Waals surface area contributed by atoms with Crippen LogP contribution in [-0.4, -0.2) is 67.0 Å². The van der Waals surface area contributed by atoms with Gasteiger partial charge in [-0.05, 0) is 36.5 Å². The molecule has 0 aromatic heterocycles.